The Bertz CT molecular complexity index is 1490. The molecule has 2 aliphatic rings. The van der Waals surface area contributed by atoms with Crippen LogP contribution in [0.25, 0.3) is 0 Å². The van der Waals surface area contributed by atoms with Gasteiger partial charge >= 0.3 is 12.1 Å². The molecule has 4 atom stereocenters. The van der Waals surface area contributed by atoms with Crippen LogP contribution in [-0.2, 0) is 22.5 Å². The summed E-state index contributed by atoms with van der Waals surface area (Å²) in [5, 5.41) is 20.6. The van der Waals surface area contributed by atoms with Gasteiger partial charge in [0.2, 0.25) is 11.8 Å². The summed E-state index contributed by atoms with van der Waals surface area (Å²) in [4.78, 5) is 64.4. The van der Waals surface area contributed by atoms with E-state index in [1.165, 1.54) is 23.5 Å². The van der Waals surface area contributed by atoms with Gasteiger partial charge in [0.1, 0.15) is 18.1 Å². The van der Waals surface area contributed by atoms with Gasteiger partial charge in [0, 0.05) is 57.0 Å². The van der Waals surface area contributed by atoms with Crippen molar-refractivity contribution in [2.75, 3.05) is 33.3 Å². The standard InChI is InChI=1S/C40H64N8O7/c1-5-43-39(52)44-24-30(27(2)3)22-36(49)34(21-29-9-7-6-8-10-29)45-38(51)35(46-55-40(53)47-19-17-31(41)18-20-47)23-32-25-42-26-48(32)37(50)16-13-28-11-14-33(54-4)15-12-28/h11-12,14-15,25-27,29-31,34-36,46,49H,5-10,13,16-24,41H2,1-4H3,(H,45,51)(H2,43,44,52)/t30-,34+,35?,36+/m1/s1. The number of aromatic nitrogens is 2. The van der Waals surface area contributed by atoms with Gasteiger partial charge in [-0.25, -0.2) is 14.6 Å². The lowest BCUT2D eigenvalue weighted by atomic mass is 9.81. The molecule has 1 aliphatic carbocycles. The number of hydrogen-bond donors (Lipinski definition) is 6. The van der Waals surface area contributed by atoms with E-state index in [0.717, 1.165) is 37.0 Å². The highest BCUT2D eigenvalue weighted by Crippen LogP contribution is 2.30. The topological polar surface area (TPSA) is 202 Å². The predicted octanol–water partition coefficient (Wildman–Crippen LogP) is 3.94. The number of rotatable bonds is 19. The Hall–Kier alpha value is -4.21. The third-order valence-corrected chi connectivity index (χ3v) is 11.0. The first-order valence-electron chi connectivity index (χ1n) is 20.1. The van der Waals surface area contributed by atoms with E-state index in [1.807, 2.05) is 31.2 Å². The fraction of sp³-hybridized carbons (Fsp3) is 0.675. The Morgan fingerprint density at radius 1 is 1.02 bits per heavy atom. The van der Waals surface area contributed by atoms with Gasteiger partial charge in [0.25, 0.3) is 0 Å². The molecule has 1 aliphatic heterocycles. The van der Waals surface area contributed by atoms with Gasteiger partial charge in [-0.05, 0) is 74.5 Å². The highest BCUT2D eigenvalue weighted by molar-refractivity contribution is 5.83. The van der Waals surface area contributed by atoms with E-state index in [0.29, 0.717) is 69.9 Å². The van der Waals surface area contributed by atoms with E-state index < -0.39 is 30.2 Å². The van der Waals surface area contributed by atoms with E-state index >= 15 is 0 Å². The number of hydroxylamine groups is 1. The number of likely N-dealkylation sites (tertiary alicyclic amines) is 1. The van der Waals surface area contributed by atoms with Gasteiger partial charge < -0.3 is 41.3 Å². The van der Waals surface area contributed by atoms with E-state index in [9.17, 15) is 24.3 Å². The van der Waals surface area contributed by atoms with Gasteiger partial charge in [-0.1, -0.05) is 58.1 Å². The smallest absolute Gasteiger partial charge is 0.428 e. The highest BCUT2D eigenvalue weighted by atomic mass is 16.7. The molecule has 0 bridgehead atoms. The average Bonchev–Trinajstić information content (AvgIpc) is 3.65. The molecule has 1 aromatic heterocycles. The maximum Gasteiger partial charge on any atom is 0.428 e. The second-order valence-electron chi connectivity index (χ2n) is 15.5. The molecule has 1 unspecified atom stereocenters. The van der Waals surface area contributed by atoms with Gasteiger partial charge in [-0.2, -0.15) is 0 Å². The van der Waals surface area contributed by atoms with Crippen LogP contribution in [0.1, 0.15) is 101 Å². The van der Waals surface area contributed by atoms with Crippen molar-refractivity contribution in [1.82, 2.24) is 35.9 Å². The highest BCUT2D eigenvalue weighted by Gasteiger charge is 2.33. The fourth-order valence-electron chi connectivity index (χ4n) is 7.42. The number of piperidine rings is 1. The lowest BCUT2D eigenvalue weighted by molar-refractivity contribution is -0.128. The molecule has 4 amide bonds. The number of aliphatic hydroxyl groups excluding tert-OH is 1. The lowest BCUT2D eigenvalue weighted by Crippen LogP contribution is -2.54. The number of aliphatic hydroxyl groups is 1. The van der Waals surface area contributed by atoms with Gasteiger partial charge in [0.05, 0.1) is 19.3 Å². The zero-order valence-corrected chi connectivity index (χ0v) is 33.1. The number of nitrogens with two attached hydrogens (primary N) is 1. The van der Waals surface area contributed by atoms with Crippen LogP contribution in [0.5, 0.6) is 5.75 Å². The molecule has 0 spiro atoms. The van der Waals surface area contributed by atoms with Gasteiger partial charge in [-0.15, -0.1) is 5.48 Å². The molecule has 1 aromatic carbocycles. The van der Waals surface area contributed by atoms with Crippen LogP contribution in [-0.4, -0.2) is 101 Å². The summed E-state index contributed by atoms with van der Waals surface area (Å²) in [6.07, 6.45) is 9.77. The summed E-state index contributed by atoms with van der Waals surface area (Å²) < 4.78 is 6.67. The number of hydrogen-bond acceptors (Lipinski definition) is 10. The summed E-state index contributed by atoms with van der Waals surface area (Å²) in [6.45, 7) is 7.72. The molecule has 1 saturated carbocycles. The van der Waals surface area contributed by atoms with Crippen molar-refractivity contribution < 1.29 is 33.9 Å². The minimum atomic E-state index is -1.11. The SMILES string of the molecule is CCNC(=O)NC[C@@H](C[C@H](O)[C@H](CC1CCCCC1)NC(=O)C(Cc1cncn1C(=O)CCc1ccc(OC)cc1)NOC(=O)N1CCC(N)CC1)C(C)C. The van der Waals surface area contributed by atoms with Crippen molar-refractivity contribution in [3.63, 3.8) is 0 Å². The number of benzene rings is 1. The minimum absolute atomic E-state index is 0.0183. The van der Waals surface area contributed by atoms with Crippen LogP contribution in [0, 0.1) is 17.8 Å². The summed E-state index contributed by atoms with van der Waals surface area (Å²) in [7, 11) is 1.60. The summed E-state index contributed by atoms with van der Waals surface area (Å²) in [6, 6.07) is 5.58. The number of nitrogens with zero attached hydrogens (tertiary/aromatic N) is 3. The first-order chi connectivity index (χ1) is 26.5. The molecule has 2 aromatic rings. The normalized spacial score (nSPS) is 17.5. The van der Waals surface area contributed by atoms with Crippen LogP contribution in [0.15, 0.2) is 36.8 Å². The third kappa shape index (κ3) is 14.1. The first kappa shape index (κ1) is 43.5. The Labute approximate surface area is 325 Å². The quantitative estimate of drug-likeness (QED) is 0.114. The van der Waals surface area contributed by atoms with E-state index in [4.69, 9.17) is 15.3 Å². The number of urea groups is 1. The van der Waals surface area contributed by atoms with Crippen molar-refractivity contribution in [3.8, 4) is 5.75 Å². The van der Waals surface area contributed by atoms with E-state index in [1.54, 1.807) is 12.0 Å². The van der Waals surface area contributed by atoms with Crippen molar-refractivity contribution in [3.05, 3.63) is 48.0 Å². The largest absolute Gasteiger partial charge is 0.497 e. The van der Waals surface area contributed by atoms with Crippen LogP contribution in [0.3, 0.4) is 0 Å². The van der Waals surface area contributed by atoms with Crippen LogP contribution in [0.2, 0.25) is 0 Å². The van der Waals surface area contributed by atoms with E-state index in [-0.39, 0.29) is 42.7 Å². The maximum atomic E-state index is 14.3. The molecule has 2 fully saturated rings. The van der Waals surface area contributed by atoms with Crippen molar-refractivity contribution >= 4 is 23.9 Å². The molecule has 7 N–H and O–H groups in total. The fourth-order valence-corrected chi connectivity index (χ4v) is 7.42. The Morgan fingerprint density at radius 3 is 2.38 bits per heavy atom. The molecular weight excluding hydrogens is 704 g/mol. The monoisotopic (exact) mass is 768 g/mol. The van der Waals surface area contributed by atoms with Gasteiger partial charge in [0.15, 0.2) is 0 Å². The number of aryl methyl sites for hydroxylation is 1. The summed E-state index contributed by atoms with van der Waals surface area (Å²) in [5.41, 5.74) is 10.2. The third-order valence-electron chi connectivity index (χ3n) is 11.0. The number of nitrogens with one attached hydrogen (secondary N) is 4. The van der Waals surface area contributed by atoms with Crippen LogP contribution < -0.4 is 31.9 Å². The number of carbonyl (C=O) groups excluding carboxylic acids is 4. The molecule has 0 radical (unpaired) electrons. The van der Waals surface area contributed by atoms with Crippen LogP contribution >= 0.6 is 0 Å². The Balaban J connectivity index is 1.51. The molecule has 4 rings (SSSR count). The summed E-state index contributed by atoms with van der Waals surface area (Å²) >= 11 is 0. The first-order valence-corrected chi connectivity index (χ1v) is 20.1. The van der Waals surface area contributed by atoms with Crippen molar-refractivity contribution in [2.45, 2.75) is 122 Å². The average molecular weight is 769 g/mol. The van der Waals surface area contributed by atoms with Crippen molar-refractivity contribution in [2.24, 2.45) is 23.5 Å². The molecule has 55 heavy (non-hydrogen) atoms. The molecule has 306 valence electrons. The number of methoxy groups -OCH3 is 1. The Kier molecular flexibility index (Phi) is 17.7. The maximum absolute atomic E-state index is 14.3. The number of ether oxygens (including phenoxy) is 1. The molecular formula is C40H64N8O7. The lowest BCUT2D eigenvalue weighted by Gasteiger charge is -2.34. The molecule has 1 saturated heterocycles. The van der Waals surface area contributed by atoms with Gasteiger partial charge in [-0.3, -0.25) is 14.2 Å². The minimum Gasteiger partial charge on any atom is -0.497 e. The Morgan fingerprint density at radius 2 is 1.73 bits per heavy atom. The number of amides is 4. The van der Waals surface area contributed by atoms with E-state index in [2.05, 4.69) is 40.3 Å². The zero-order chi connectivity index (χ0) is 39.7. The second kappa shape index (κ2) is 22.4. The molecule has 2 heterocycles. The summed E-state index contributed by atoms with van der Waals surface area (Å²) in [5.74, 6) is 0.496. The zero-order valence-electron chi connectivity index (χ0n) is 33.1. The molecule has 15 heteroatoms. The van der Waals surface area contributed by atoms with Crippen LogP contribution in [0.4, 0.5) is 9.59 Å². The number of carbonyl (C=O) groups is 4. The number of imidazole rings is 1. The second-order valence-corrected chi connectivity index (χ2v) is 15.5. The van der Waals surface area contributed by atoms with Crippen molar-refractivity contribution in [1.29, 1.82) is 0 Å². The predicted molar refractivity (Wildman–Crippen MR) is 209 cm³/mol. The molecule has 15 nitrogen and oxygen atoms in total.